The van der Waals surface area contributed by atoms with Crippen LogP contribution in [0.15, 0.2) is 36.4 Å². The van der Waals surface area contributed by atoms with Gasteiger partial charge in [0.15, 0.2) is 16.6 Å². The number of aromatic nitrogens is 1. The lowest BCUT2D eigenvalue weighted by Gasteiger charge is -2.11. The highest BCUT2D eigenvalue weighted by Crippen LogP contribution is 2.35. The zero-order valence-corrected chi connectivity index (χ0v) is 14.8. The highest BCUT2D eigenvalue weighted by atomic mass is 32.1. The minimum absolute atomic E-state index is 0.126. The molecule has 0 spiro atoms. The van der Waals surface area contributed by atoms with Crippen LogP contribution in [-0.4, -0.2) is 29.5 Å². The molecule has 3 aromatic rings. The van der Waals surface area contributed by atoms with Crippen LogP contribution in [0.4, 0.5) is 10.8 Å². The van der Waals surface area contributed by atoms with Gasteiger partial charge in [0.05, 0.1) is 34.9 Å². The number of amides is 1. The lowest BCUT2D eigenvalue weighted by atomic mass is 10.1. The third-order valence-corrected chi connectivity index (χ3v) is 4.49. The molecule has 0 atom stereocenters. The second-order valence-electron chi connectivity index (χ2n) is 5.15. The van der Waals surface area contributed by atoms with Crippen LogP contribution in [-0.2, 0) is 0 Å². The first-order valence-corrected chi connectivity index (χ1v) is 8.51. The van der Waals surface area contributed by atoms with Crippen molar-refractivity contribution >= 4 is 38.3 Å². The third-order valence-electron chi connectivity index (χ3n) is 3.54. The highest BCUT2D eigenvalue weighted by Gasteiger charge is 2.25. The van der Waals surface area contributed by atoms with Crippen molar-refractivity contribution in [2.45, 2.75) is 6.92 Å². The summed E-state index contributed by atoms with van der Waals surface area (Å²) in [5.41, 5.74) is 0.245. The molecule has 9 heteroatoms. The number of hydrogen-bond acceptors (Lipinski definition) is 7. The number of thiazole rings is 1. The number of para-hydroxylation sites is 1. The van der Waals surface area contributed by atoms with Gasteiger partial charge >= 0.3 is 0 Å². The number of anilines is 1. The van der Waals surface area contributed by atoms with Gasteiger partial charge < -0.3 is 9.47 Å². The number of benzene rings is 2. The van der Waals surface area contributed by atoms with Gasteiger partial charge in [0.25, 0.3) is 11.6 Å². The van der Waals surface area contributed by atoms with Crippen LogP contribution in [0.3, 0.4) is 0 Å². The molecule has 8 nitrogen and oxygen atoms in total. The molecule has 1 heterocycles. The van der Waals surface area contributed by atoms with Crippen LogP contribution in [0.25, 0.3) is 10.2 Å². The lowest BCUT2D eigenvalue weighted by molar-refractivity contribution is -0.385. The Morgan fingerprint density at radius 1 is 1.31 bits per heavy atom. The second kappa shape index (κ2) is 7.36. The number of carbonyl (C=O) groups is 1. The molecule has 0 unspecified atom stereocenters. The summed E-state index contributed by atoms with van der Waals surface area (Å²) in [4.78, 5) is 27.7. The molecule has 0 fully saturated rings. The number of hydrogen-bond donors (Lipinski definition) is 1. The topological polar surface area (TPSA) is 104 Å². The normalized spacial score (nSPS) is 10.5. The van der Waals surface area contributed by atoms with Gasteiger partial charge in [-0.05, 0) is 19.1 Å². The second-order valence-corrected chi connectivity index (χ2v) is 6.18. The van der Waals surface area contributed by atoms with Crippen molar-refractivity contribution in [3.05, 3.63) is 52.1 Å². The van der Waals surface area contributed by atoms with Crippen molar-refractivity contribution in [2.75, 3.05) is 19.0 Å². The summed E-state index contributed by atoms with van der Waals surface area (Å²) in [6, 6.07) is 9.91. The highest BCUT2D eigenvalue weighted by molar-refractivity contribution is 7.22. The van der Waals surface area contributed by atoms with Gasteiger partial charge in [0.2, 0.25) is 0 Å². The maximum atomic E-state index is 12.6. The Kier molecular flexibility index (Phi) is 4.99. The summed E-state index contributed by atoms with van der Waals surface area (Å²) in [6.07, 6.45) is 0. The fraction of sp³-hybridized carbons (Fsp3) is 0.176. The summed E-state index contributed by atoms with van der Waals surface area (Å²) in [5, 5.41) is 14.4. The number of rotatable bonds is 6. The van der Waals surface area contributed by atoms with Crippen LogP contribution in [0.5, 0.6) is 11.5 Å². The summed E-state index contributed by atoms with van der Waals surface area (Å²) in [5.74, 6) is -0.190. The van der Waals surface area contributed by atoms with E-state index in [1.807, 2.05) is 24.3 Å². The summed E-state index contributed by atoms with van der Waals surface area (Å²) in [6.45, 7) is 2.09. The number of methoxy groups -OCH3 is 1. The fourth-order valence-corrected chi connectivity index (χ4v) is 3.26. The Morgan fingerprint density at radius 2 is 2.08 bits per heavy atom. The summed E-state index contributed by atoms with van der Waals surface area (Å²) in [7, 11) is 1.38. The van der Waals surface area contributed by atoms with Crippen LogP contribution in [0.2, 0.25) is 0 Å². The number of ether oxygens (including phenoxy) is 2. The first-order valence-electron chi connectivity index (χ1n) is 7.69. The molecule has 1 aromatic heterocycles. The van der Waals surface area contributed by atoms with Crippen molar-refractivity contribution in [1.29, 1.82) is 0 Å². The van der Waals surface area contributed by atoms with E-state index in [2.05, 4.69) is 10.3 Å². The smallest absolute Gasteiger partial charge is 0.286 e. The van der Waals surface area contributed by atoms with Crippen LogP contribution in [0, 0.1) is 10.1 Å². The molecule has 3 rings (SSSR count). The Labute approximate surface area is 152 Å². The van der Waals surface area contributed by atoms with E-state index in [-0.39, 0.29) is 22.7 Å². The molecule has 0 radical (unpaired) electrons. The largest absolute Gasteiger partial charge is 0.493 e. The molecular weight excluding hydrogens is 358 g/mol. The van der Waals surface area contributed by atoms with Crippen molar-refractivity contribution in [3.8, 4) is 11.5 Å². The van der Waals surface area contributed by atoms with Crippen LogP contribution < -0.4 is 14.8 Å². The molecule has 0 aliphatic rings. The van der Waals surface area contributed by atoms with E-state index in [0.717, 1.165) is 10.2 Å². The molecule has 1 amide bonds. The Bertz CT molecular complexity index is 953. The number of nitro benzene ring substituents is 1. The maximum Gasteiger partial charge on any atom is 0.286 e. The van der Waals surface area contributed by atoms with Gasteiger partial charge in [-0.2, -0.15) is 0 Å². The fourth-order valence-electron chi connectivity index (χ4n) is 2.40. The van der Waals surface area contributed by atoms with Crippen LogP contribution >= 0.6 is 11.3 Å². The molecule has 134 valence electrons. The molecular formula is C17H15N3O5S. The predicted molar refractivity (Wildman–Crippen MR) is 98.4 cm³/mol. The van der Waals surface area contributed by atoms with E-state index in [1.54, 1.807) is 6.92 Å². The average molecular weight is 373 g/mol. The zero-order chi connectivity index (χ0) is 18.7. The third kappa shape index (κ3) is 3.42. The molecule has 26 heavy (non-hydrogen) atoms. The minimum atomic E-state index is -0.639. The van der Waals surface area contributed by atoms with E-state index in [0.29, 0.717) is 11.7 Å². The SMILES string of the molecule is CCOc1cc(C(=O)Nc2nc3ccccc3s2)c([N+](=O)[O-])cc1OC. The van der Waals surface area contributed by atoms with Crippen molar-refractivity contribution in [3.63, 3.8) is 0 Å². The Hall–Kier alpha value is -3.20. The Balaban J connectivity index is 1.98. The van der Waals surface area contributed by atoms with Gasteiger partial charge in [0.1, 0.15) is 5.56 Å². The van der Waals surface area contributed by atoms with Gasteiger partial charge in [-0.1, -0.05) is 23.5 Å². The standard InChI is InChI=1S/C17H15N3O5S/c1-3-25-14-8-10(12(20(22)23)9-13(14)24-2)16(21)19-17-18-11-6-4-5-7-15(11)26-17/h4-9H,3H2,1-2H3,(H,18,19,21). The van der Waals surface area contributed by atoms with E-state index >= 15 is 0 Å². The molecule has 0 aliphatic carbocycles. The minimum Gasteiger partial charge on any atom is -0.493 e. The lowest BCUT2D eigenvalue weighted by Crippen LogP contribution is -2.14. The Morgan fingerprint density at radius 3 is 2.73 bits per heavy atom. The summed E-state index contributed by atoms with van der Waals surface area (Å²) >= 11 is 1.29. The van der Waals surface area contributed by atoms with Gasteiger partial charge in [0, 0.05) is 6.07 Å². The van der Waals surface area contributed by atoms with E-state index < -0.39 is 10.8 Å². The maximum absolute atomic E-state index is 12.6. The zero-order valence-electron chi connectivity index (χ0n) is 14.0. The molecule has 0 aliphatic heterocycles. The average Bonchev–Trinajstić information content (AvgIpc) is 3.03. The first-order chi connectivity index (χ1) is 12.5. The van der Waals surface area contributed by atoms with Gasteiger partial charge in [-0.3, -0.25) is 20.2 Å². The number of nitrogens with zero attached hydrogens (tertiary/aromatic N) is 2. The number of nitro groups is 1. The van der Waals surface area contributed by atoms with Crippen molar-refractivity contribution in [1.82, 2.24) is 4.98 Å². The van der Waals surface area contributed by atoms with Gasteiger partial charge in [-0.15, -0.1) is 0 Å². The molecule has 1 N–H and O–H groups in total. The van der Waals surface area contributed by atoms with E-state index in [1.165, 1.54) is 30.6 Å². The molecule has 0 bridgehead atoms. The summed E-state index contributed by atoms with van der Waals surface area (Å²) < 4.78 is 11.4. The number of carbonyl (C=O) groups excluding carboxylic acids is 1. The van der Waals surface area contributed by atoms with E-state index in [4.69, 9.17) is 9.47 Å². The predicted octanol–water partition coefficient (Wildman–Crippen LogP) is 3.86. The first kappa shape index (κ1) is 17.6. The van der Waals surface area contributed by atoms with Crippen molar-refractivity contribution < 1.29 is 19.2 Å². The van der Waals surface area contributed by atoms with Crippen LogP contribution in [0.1, 0.15) is 17.3 Å². The van der Waals surface area contributed by atoms with Crippen molar-refractivity contribution in [2.24, 2.45) is 0 Å². The van der Waals surface area contributed by atoms with Gasteiger partial charge in [-0.25, -0.2) is 4.98 Å². The quantitative estimate of drug-likeness (QED) is 0.520. The number of nitrogens with one attached hydrogen (secondary N) is 1. The number of fused-ring (bicyclic) bond motifs is 1. The molecule has 2 aromatic carbocycles. The monoisotopic (exact) mass is 373 g/mol. The molecule has 0 saturated carbocycles. The van der Waals surface area contributed by atoms with E-state index in [9.17, 15) is 14.9 Å². The molecule has 0 saturated heterocycles.